The van der Waals surface area contributed by atoms with E-state index in [4.69, 9.17) is 9.47 Å². The van der Waals surface area contributed by atoms with Crippen LogP contribution in [0.4, 0.5) is 5.69 Å². The first kappa shape index (κ1) is 27.1. The molecule has 4 aromatic rings. The van der Waals surface area contributed by atoms with Gasteiger partial charge in [0.15, 0.2) is 11.5 Å². The molecule has 1 atom stereocenters. The lowest BCUT2D eigenvalue weighted by molar-refractivity contribution is -0.142. The van der Waals surface area contributed by atoms with Gasteiger partial charge in [-0.15, -0.1) is 11.3 Å². The number of H-pyrrole nitrogens is 1. The van der Waals surface area contributed by atoms with E-state index in [1.165, 1.54) is 23.3 Å². The third-order valence-electron chi connectivity index (χ3n) is 6.62. The highest BCUT2D eigenvalue weighted by Gasteiger charge is 2.27. The number of aromatic amines is 1. The van der Waals surface area contributed by atoms with Crippen LogP contribution in [0.2, 0.25) is 0 Å². The van der Waals surface area contributed by atoms with Crippen molar-refractivity contribution in [1.82, 2.24) is 15.1 Å². The van der Waals surface area contributed by atoms with Gasteiger partial charge in [0.05, 0.1) is 35.0 Å². The number of hydrogen-bond donors (Lipinski definition) is 3. The number of fused-ring (bicyclic) bond motifs is 1. The maximum absolute atomic E-state index is 13.2. The molecule has 1 aliphatic rings. The highest BCUT2D eigenvalue weighted by molar-refractivity contribution is 7.12. The van der Waals surface area contributed by atoms with E-state index in [-0.39, 0.29) is 24.0 Å². The van der Waals surface area contributed by atoms with Crippen molar-refractivity contribution < 1.29 is 29.0 Å². The number of carbonyl (C=O) groups is 3. The molecule has 0 unspecified atom stereocenters. The largest absolute Gasteiger partial charge is 0.491 e. The second-order valence-corrected chi connectivity index (χ2v) is 10.3. The lowest BCUT2D eigenvalue weighted by Gasteiger charge is -2.18. The number of aromatic nitrogens is 2. The predicted octanol–water partition coefficient (Wildman–Crippen LogP) is 4.25. The van der Waals surface area contributed by atoms with Gasteiger partial charge in [-0.1, -0.05) is 24.3 Å². The molecule has 1 saturated heterocycles. The summed E-state index contributed by atoms with van der Waals surface area (Å²) in [5, 5.41) is 22.7. The monoisotopic (exact) mass is 560 g/mol. The zero-order valence-corrected chi connectivity index (χ0v) is 22.8. The molecule has 2 aromatic carbocycles. The fourth-order valence-corrected chi connectivity index (χ4v) is 5.37. The van der Waals surface area contributed by atoms with Gasteiger partial charge >= 0.3 is 5.97 Å². The van der Waals surface area contributed by atoms with Crippen LogP contribution in [-0.4, -0.2) is 64.3 Å². The number of amides is 2. The number of ether oxygens (including phenoxy) is 2. The molecule has 1 aliphatic heterocycles. The van der Waals surface area contributed by atoms with Crippen LogP contribution in [0.25, 0.3) is 23.1 Å². The number of nitrogens with zero attached hydrogens (tertiary/aromatic N) is 2. The third-order valence-corrected chi connectivity index (χ3v) is 7.64. The standard InChI is InChI=1S/C29H28N4O6S/c1-17-12-14-40-28(17)29(37)30-26-18(7-9-22-20-5-3-4-6-21(20)31-32-22)8-10-23(27(26)38-2)39-25(36)15-24(35)33-13-11-19(34)16-33/h3-10,12,14,19,34H,11,13,15-16H2,1-2H3,(H,30,37)(H,31,32)/t19-/m1/s1. The molecule has 0 radical (unpaired) electrons. The molecule has 40 heavy (non-hydrogen) atoms. The summed E-state index contributed by atoms with van der Waals surface area (Å²) in [5.41, 5.74) is 3.32. The number of β-amino-alcohol motifs (C(OH)–C–C–N with tert-alkyl or cyclic N) is 1. The number of aryl methyl sites for hydroxylation is 1. The molecule has 2 aromatic heterocycles. The van der Waals surface area contributed by atoms with E-state index in [2.05, 4.69) is 15.5 Å². The topological polar surface area (TPSA) is 134 Å². The molecule has 11 heteroatoms. The number of carbonyl (C=O) groups excluding carboxylic acids is 3. The lowest BCUT2D eigenvalue weighted by atomic mass is 10.1. The molecule has 1 fully saturated rings. The van der Waals surface area contributed by atoms with Crippen LogP contribution in [0.1, 0.15) is 39.3 Å². The number of benzene rings is 2. The molecule has 5 rings (SSSR count). The maximum Gasteiger partial charge on any atom is 0.320 e. The molecule has 0 aliphatic carbocycles. The number of esters is 1. The van der Waals surface area contributed by atoms with Crippen molar-refractivity contribution >= 4 is 57.9 Å². The van der Waals surface area contributed by atoms with Crippen LogP contribution < -0.4 is 14.8 Å². The van der Waals surface area contributed by atoms with Crippen molar-refractivity contribution in [2.24, 2.45) is 0 Å². The molecule has 3 N–H and O–H groups in total. The number of nitrogens with one attached hydrogen (secondary N) is 2. The minimum atomic E-state index is -0.776. The number of aliphatic hydroxyl groups excluding tert-OH is 1. The van der Waals surface area contributed by atoms with E-state index < -0.39 is 24.4 Å². The Balaban J connectivity index is 1.45. The number of rotatable bonds is 8. The summed E-state index contributed by atoms with van der Waals surface area (Å²) in [6, 6.07) is 12.8. The molecule has 0 saturated carbocycles. The normalized spacial score (nSPS) is 15.1. The molecule has 0 bridgehead atoms. The summed E-state index contributed by atoms with van der Waals surface area (Å²) in [6.45, 7) is 2.43. The predicted molar refractivity (Wildman–Crippen MR) is 152 cm³/mol. The number of aliphatic hydroxyl groups is 1. The zero-order chi connectivity index (χ0) is 28.2. The Labute approximate surface area is 234 Å². The van der Waals surface area contributed by atoms with Crippen LogP contribution in [0.3, 0.4) is 0 Å². The van der Waals surface area contributed by atoms with E-state index in [0.29, 0.717) is 34.8 Å². The zero-order valence-electron chi connectivity index (χ0n) is 22.0. The summed E-state index contributed by atoms with van der Waals surface area (Å²) in [6.07, 6.45) is 3.01. The van der Waals surface area contributed by atoms with Crippen molar-refractivity contribution in [2.45, 2.75) is 25.9 Å². The van der Waals surface area contributed by atoms with Crippen molar-refractivity contribution in [3.05, 3.63) is 69.5 Å². The van der Waals surface area contributed by atoms with Crippen molar-refractivity contribution in [1.29, 1.82) is 0 Å². The molecule has 206 valence electrons. The van der Waals surface area contributed by atoms with Crippen LogP contribution in [0, 0.1) is 6.92 Å². The first-order chi connectivity index (χ1) is 19.3. The highest BCUT2D eigenvalue weighted by Crippen LogP contribution is 2.40. The van der Waals surface area contributed by atoms with Crippen LogP contribution in [-0.2, 0) is 9.59 Å². The van der Waals surface area contributed by atoms with Gasteiger partial charge in [0.25, 0.3) is 5.91 Å². The van der Waals surface area contributed by atoms with E-state index in [1.807, 2.05) is 48.7 Å². The van der Waals surface area contributed by atoms with E-state index in [0.717, 1.165) is 16.5 Å². The lowest BCUT2D eigenvalue weighted by Crippen LogP contribution is -2.32. The summed E-state index contributed by atoms with van der Waals surface area (Å²) in [7, 11) is 1.41. The Morgan fingerprint density at radius 2 is 2.02 bits per heavy atom. The van der Waals surface area contributed by atoms with E-state index >= 15 is 0 Å². The van der Waals surface area contributed by atoms with Gasteiger partial charge in [0.1, 0.15) is 6.42 Å². The minimum Gasteiger partial charge on any atom is -0.491 e. The second-order valence-electron chi connectivity index (χ2n) is 9.37. The first-order valence-electron chi connectivity index (χ1n) is 12.7. The summed E-state index contributed by atoms with van der Waals surface area (Å²) >= 11 is 1.31. The SMILES string of the molecule is COc1c(OC(=O)CC(=O)N2CC[C@@H](O)C2)ccc(C=Cc2n[nH]c3ccccc23)c1NC(=O)c1sccc1C. The Kier molecular flexibility index (Phi) is 7.94. The summed E-state index contributed by atoms with van der Waals surface area (Å²) < 4.78 is 11.1. The van der Waals surface area contributed by atoms with Gasteiger partial charge < -0.3 is 24.8 Å². The Morgan fingerprint density at radius 3 is 2.75 bits per heavy atom. The Bertz CT molecular complexity index is 1610. The number of thiophene rings is 1. The van der Waals surface area contributed by atoms with Gasteiger partial charge in [0, 0.05) is 24.0 Å². The number of likely N-dealkylation sites (tertiary alicyclic amines) is 1. The Hall–Kier alpha value is -4.48. The fraction of sp³-hybridized carbons (Fsp3) is 0.241. The fourth-order valence-electron chi connectivity index (χ4n) is 4.55. The number of anilines is 1. The number of hydrogen-bond acceptors (Lipinski definition) is 8. The molecule has 3 heterocycles. The van der Waals surface area contributed by atoms with Crippen molar-refractivity contribution in [3.8, 4) is 11.5 Å². The minimum absolute atomic E-state index is 0.0577. The van der Waals surface area contributed by atoms with Gasteiger partial charge in [-0.3, -0.25) is 19.5 Å². The average molecular weight is 561 g/mol. The molecule has 0 spiro atoms. The van der Waals surface area contributed by atoms with Gasteiger partial charge in [-0.2, -0.15) is 5.10 Å². The molecular formula is C29H28N4O6S. The maximum atomic E-state index is 13.2. The Morgan fingerprint density at radius 1 is 1.20 bits per heavy atom. The van der Waals surface area contributed by atoms with Gasteiger partial charge in [-0.25, -0.2) is 0 Å². The van der Waals surface area contributed by atoms with Crippen molar-refractivity contribution in [2.75, 3.05) is 25.5 Å². The first-order valence-corrected chi connectivity index (χ1v) is 13.6. The molecule has 2 amide bonds. The smallest absolute Gasteiger partial charge is 0.320 e. The average Bonchev–Trinajstić information content (AvgIpc) is 3.68. The van der Waals surface area contributed by atoms with Crippen LogP contribution >= 0.6 is 11.3 Å². The third kappa shape index (κ3) is 5.75. The van der Waals surface area contributed by atoms with Crippen molar-refractivity contribution in [3.63, 3.8) is 0 Å². The highest BCUT2D eigenvalue weighted by atomic mass is 32.1. The van der Waals surface area contributed by atoms with Gasteiger partial charge in [0.2, 0.25) is 5.91 Å². The number of methoxy groups -OCH3 is 1. The number of para-hydroxylation sites is 1. The summed E-state index contributed by atoms with van der Waals surface area (Å²) in [5.74, 6) is -1.34. The van der Waals surface area contributed by atoms with Crippen LogP contribution in [0.5, 0.6) is 11.5 Å². The van der Waals surface area contributed by atoms with E-state index in [9.17, 15) is 19.5 Å². The summed E-state index contributed by atoms with van der Waals surface area (Å²) in [4.78, 5) is 40.3. The van der Waals surface area contributed by atoms with Crippen LogP contribution in [0.15, 0.2) is 47.8 Å². The second kappa shape index (κ2) is 11.7. The molecule has 10 nitrogen and oxygen atoms in total. The van der Waals surface area contributed by atoms with E-state index in [1.54, 1.807) is 18.2 Å². The van der Waals surface area contributed by atoms with Gasteiger partial charge in [-0.05, 0) is 54.6 Å². The quantitative estimate of drug-likeness (QED) is 0.167. The molecular weight excluding hydrogens is 532 g/mol.